The fraction of sp³-hybridized carbons (Fsp3) is 0.280. The smallest absolute Gasteiger partial charge is 0.191 e. The van der Waals surface area contributed by atoms with Crippen LogP contribution in [0.4, 0.5) is 0 Å². The summed E-state index contributed by atoms with van der Waals surface area (Å²) in [4.78, 5) is 8.84. The van der Waals surface area contributed by atoms with Gasteiger partial charge in [-0.05, 0) is 42.0 Å². The molecule has 0 amide bonds. The lowest BCUT2D eigenvalue weighted by Gasteiger charge is -2.12. The van der Waals surface area contributed by atoms with Gasteiger partial charge in [-0.3, -0.25) is 0 Å². The number of aliphatic imine (C=N–C) groups is 1. The number of hydrogen-bond donors (Lipinski definition) is 2. The molecular formula is C25H31IN6. The lowest BCUT2D eigenvalue weighted by Crippen LogP contribution is -2.38. The molecular weight excluding hydrogens is 511 g/mol. The largest absolute Gasteiger partial charge is 0.357 e. The third-order valence-electron chi connectivity index (χ3n) is 5.26. The van der Waals surface area contributed by atoms with Gasteiger partial charge in [0, 0.05) is 50.3 Å². The van der Waals surface area contributed by atoms with Crippen molar-refractivity contribution in [3.63, 3.8) is 0 Å². The van der Waals surface area contributed by atoms with Crippen LogP contribution < -0.4 is 10.6 Å². The number of fused-ring (bicyclic) bond motifs is 1. The first-order valence-corrected chi connectivity index (χ1v) is 10.9. The third kappa shape index (κ3) is 6.59. The molecule has 2 aromatic heterocycles. The van der Waals surface area contributed by atoms with Gasteiger partial charge in [0.15, 0.2) is 5.96 Å². The number of hydrogen-bond acceptors (Lipinski definition) is 2. The van der Waals surface area contributed by atoms with E-state index in [0.717, 1.165) is 38.6 Å². The van der Waals surface area contributed by atoms with Gasteiger partial charge in [-0.25, -0.2) is 9.98 Å². The first-order chi connectivity index (χ1) is 15.3. The third-order valence-corrected chi connectivity index (χ3v) is 5.26. The van der Waals surface area contributed by atoms with E-state index in [1.165, 1.54) is 22.0 Å². The van der Waals surface area contributed by atoms with Gasteiger partial charge in [0.1, 0.15) is 0 Å². The van der Waals surface area contributed by atoms with Gasteiger partial charge in [-0.2, -0.15) is 0 Å². The Morgan fingerprint density at radius 1 is 0.969 bits per heavy atom. The Labute approximate surface area is 206 Å². The van der Waals surface area contributed by atoms with Gasteiger partial charge in [0.2, 0.25) is 0 Å². The molecule has 0 atom stereocenters. The standard InChI is InChI=1S/C25H30N6.HI/c1-2-27-25(28-13-5-15-31-16-12-23-6-3-4-7-24(23)31)29-18-21-8-10-22(11-9-21)19-30-17-14-26-20-30;/h3-4,6-12,14,16-17,20H,2,5,13,15,18-19H2,1H3,(H2,27,28,29);1H. The fourth-order valence-electron chi connectivity index (χ4n) is 3.65. The highest BCUT2D eigenvalue weighted by Gasteiger charge is 2.02. The number of nitrogens with one attached hydrogen (secondary N) is 2. The normalized spacial score (nSPS) is 11.3. The van der Waals surface area contributed by atoms with Crippen molar-refractivity contribution >= 4 is 40.8 Å². The molecule has 0 fully saturated rings. The quantitative estimate of drug-likeness (QED) is 0.140. The lowest BCUT2D eigenvalue weighted by atomic mass is 10.1. The molecule has 168 valence electrons. The van der Waals surface area contributed by atoms with Crippen LogP contribution in [-0.2, 0) is 19.6 Å². The second kappa shape index (κ2) is 12.3. The summed E-state index contributed by atoms with van der Waals surface area (Å²) >= 11 is 0. The van der Waals surface area contributed by atoms with Crippen LogP contribution >= 0.6 is 24.0 Å². The maximum absolute atomic E-state index is 4.75. The summed E-state index contributed by atoms with van der Waals surface area (Å²) in [6.45, 7) is 6.29. The van der Waals surface area contributed by atoms with E-state index < -0.39 is 0 Å². The first kappa shape index (κ1) is 23.8. The van der Waals surface area contributed by atoms with Gasteiger partial charge in [0.05, 0.1) is 12.9 Å². The number of rotatable bonds is 9. The van der Waals surface area contributed by atoms with Crippen molar-refractivity contribution in [3.8, 4) is 0 Å². The van der Waals surface area contributed by atoms with Crippen LogP contribution in [-0.4, -0.2) is 33.2 Å². The van der Waals surface area contributed by atoms with Crippen LogP contribution in [0.2, 0.25) is 0 Å². The van der Waals surface area contributed by atoms with Gasteiger partial charge >= 0.3 is 0 Å². The highest BCUT2D eigenvalue weighted by atomic mass is 127. The molecule has 0 spiro atoms. The molecule has 0 saturated carbocycles. The highest BCUT2D eigenvalue weighted by molar-refractivity contribution is 14.0. The molecule has 4 rings (SSSR count). The summed E-state index contributed by atoms with van der Waals surface area (Å²) in [5.74, 6) is 0.863. The number of aromatic nitrogens is 3. The van der Waals surface area contributed by atoms with Gasteiger partial charge in [-0.15, -0.1) is 24.0 Å². The molecule has 0 unspecified atom stereocenters. The molecule has 2 N–H and O–H groups in total. The summed E-state index contributed by atoms with van der Waals surface area (Å²) in [5.41, 5.74) is 3.75. The van der Waals surface area contributed by atoms with Crippen molar-refractivity contribution in [2.45, 2.75) is 33.0 Å². The molecule has 0 aliphatic carbocycles. The molecule has 0 bridgehead atoms. The monoisotopic (exact) mass is 542 g/mol. The Morgan fingerprint density at radius 3 is 2.56 bits per heavy atom. The summed E-state index contributed by atoms with van der Waals surface area (Å²) in [6.07, 6.45) is 8.82. The van der Waals surface area contributed by atoms with E-state index in [0.29, 0.717) is 6.54 Å². The molecule has 0 aliphatic heterocycles. The van der Waals surface area contributed by atoms with Crippen molar-refractivity contribution < 1.29 is 0 Å². The summed E-state index contributed by atoms with van der Waals surface area (Å²) < 4.78 is 4.38. The van der Waals surface area contributed by atoms with Crippen molar-refractivity contribution in [2.24, 2.45) is 4.99 Å². The molecule has 7 heteroatoms. The molecule has 0 saturated heterocycles. The SMILES string of the molecule is CCNC(=NCc1ccc(Cn2ccnc2)cc1)NCCCn1ccc2ccccc21.I. The number of aryl methyl sites for hydroxylation is 1. The molecule has 2 heterocycles. The molecule has 6 nitrogen and oxygen atoms in total. The highest BCUT2D eigenvalue weighted by Crippen LogP contribution is 2.15. The Balaban J connectivity index is 0.00000289. The molecule has 2 aromatic carbocycles. The Kier molecular flexibility index (Phi) is 9.15. The number of para-hydroxylation sites is 1. The van der Waals surface area contributed by atoms with Crippen LogP contribution in [0.5, 0.6) is 0 Å². The topological polar surface area (TPSA) is 59.2 Å². The van der Waals surface area contributed by atoms with Gasteiger partial charge in [0.25, 0.3) is 0 Å². The molecule has 0 aliphatic rings. The van der Waals surface area contributed by atoms with Crippen molar-refractivity contribution in [3.05, 3.63) is 90.6 Å². The van der Waals surface area contributed by atoms with E-state index in [9.17, 15) is 0 Å². The predicted molar refractivity (Wildman–Crippen MR) is 143 cm³/mol. The van der Waals surface area contributed by atoms with Crippen LogP contribution in [0.3, 0.4) is 0 Å². The molecule has 32 heavy (non-hydrogen) atoms. The Bertz CT molecular complexity index is 1100. The van der Waals surface area contributed by atoms with E-state index in [2.05, 4.69) is 92.5 Å². The van der Waals surface area contributed by atoms with E-state index in [1.807, 2.05) is 12.5 Å². The summed E-state index contributed by atoms with van der Waals surface area (Å²) in [6, 6.07) is 19.3. The summed E-state index contributed by atoms with van der Waals surface area (Å²) in [7, 11) is 0. The van der Waals surface area contributed by atoms with E-state index in [1.54, 1.807) is 6.20 Å². The van der Waals surface area contributed by atoms with Crippen LogP contribution in [0.25, 0.3) is 10.9 Å². The van der Waals surface area contributed by atoms with Crippen LogP contribution in [0, 0.1) is 0 Å². The van der Waals surface area contributed by atoms with Crippen molar-refractivity contribution in [2.75, 3.05) is 13.1 Å². The Hall–Kier alpha value is -2.81. The van der Waals surface area contributed by atoms with Gasteiger partial charge < -0.3 is 19.8 Å². The predicted octanol–water partition coefficient (Wildman–Crippen LogP) is 4.65. The average Bonchev–Trinajstić information content (AvgIpc) is 3.46. The maximum atomic E-state index is 4.75. The molecule has 4 aromatic rings. The summed E-state index contributed by atoms with van der Waals surface area (Å²) in [5, 5.41) is 8.09. The minimum atomic E-state index is 0. The minimum absolute atomic E-state index is 0. The van der Waals surface area contributed by atoms with Crippen molar-refractivity contribution in [1.82, 2.24) is 24.8 Å². The Morgan fingerprint density at radius 2 is 1.78 bits per heavy atom. The zero-order valence-corrected chi connectivity index (χ0v) is 20.8. The number of nitrogens with zero attached hydrogens (tertiary/aromatic N) is 4. The number of halogens is 1. The van der Waals surface area contributed by atoms with E-state index in [4.69, 9.17) is 4.99 Å². The second-order valence-corrected chi connectivity index (χ2v) is 7.59. The maximum Gasteiger partial charge on any atom is 0.191 e. The minimum Gasteiger partial charge on any atom is -0.357 e. The number of benzene rings is 2. The second-order valence-electron chi connectivity index (χ2n) is 7.59. The van der Waals surface area contributed by atoms with E-state index in [-0.39, 0.29) is 24.0 Å². The molecule has 0 radical (unpaired) electrons. The lowest BCUT2D eigenvalue weighted by molar-refractivity contribution is 0.641. The first-order valence-electron chi connectivity index (χ1n) is 10.9. The zero-order chi connectivity index (χ0) is 21.3. The van der Waals surface area contributed by atoms with E-state index >= 15 is 0 Å². The van der Waals surface area contributed by atoms with Crippen LogP contribution in [0.15, 0.2) is 84.5 Å². The number of imidazole rings is 1. The fourth-order valence-corrected chi connectivity index (χ4v) is 3.65. The zero-order valence-electron chi connectivity index (χ0n) is 18.4. The van der Waals surface area contributed by atoms with Crippen molar-refractivity contribution in [1.29, 1.82) is 0 Å². The average molecular weight is 542 g/mol. The number of guanidine groups is 1. The van der Waals surface area contributed by atoms with Crippen LogP contribution in [0.1, 0.15) is 24.5 Å². The van der Waals surface area contributed by atoms with Gasteiger partial charge in [-0.1, -0.05) is 42.5 Å².